The Hall–Kier alpha value is -1.84. The molecule has 0 atom stereocenters. The van der Waals surface area contributed by atoms with Crippen LogP contribution in [0.5, 0.6) is 0 Å². The SMILES string of the molecule is Cc1ccc(-c2cc(=S)sc(-c3ccc(C)cc3)n2)cc1. The molecule has 104 valence electrons. The normalized spacial score (nSPS) is 10.6. The molecule has 0 aliphatic heterocycles. The van der Waals surface area contributed by atoms with E-state index in [1.165, 1.54) is 11.1 Å². The molecule has 0 radical (unpaired) electrons. The summed E-state index contributed by atoms with van der Waals surface area (Å²) in [5.74, 6) is 0. The summed E-state index contributed by atoms with van der Waals surface area (Å²) in [7, 11) is 0. The third kappa shape index (κ3) is 3.26. The maximum atomic E-state index is 5.42. The zero-order chi connectivity index (χ0) is 14.8. The lowest BCUT2D eigenvalue weighted by molar-refractivity contribution is 1.35. The Balaban J connectivity index is 2.10. The van der Waals surface area contributed by atoms with Gasteiger partial charge in [-0.15, -0.1) is 11.3 Å². The molecule has 0 N–H and O–H groups in total. The van der Waals surface area contributed by atoms with Crippen LogP contribution in [-0.4, -0.2) is 4.98 Å². The summed E-state index contributed by atoms with van der Waals surface area (Å²) in [5.41, 5.74) is 5.65. The van der Waals surface area contributed by atoms with Crippen LogP contribution >= 0.6 is 23.6 Å². The van der Waals surface area contributed by atoms with Crippen LogP contribution in [0.25, 0.3) is 21.8 Å². The topological polar surface area (TPSA) is 12.9 Å². The molecule has 21 heavy (non-hydrogen) atoms. The van der Waals surface area contributed by atoms with Crippen molar-refractivity contribution in [2.75, 3.05) is 0 Å². The number of aryl methyl sites for hydroxylation is 2. The molecule has 2 aromatic carbocycles. The van der Waals surface area contributed by atoms with Crippen molar-refractivity contribution in [1.29, 1.82) is 0 Å². The van der Waals surface area contributed by atoms with E-state index in [0.717, 1.165) is 25.7 Å². The van der Waals surface area contributed by atoms with Gasteiger partial charge in [0.2, 0.25) is 0 Å². The van der Waals surface area contributed by atoms with Gasteiger partial charge >= 0.3 is 0 Å². The minimum atomic E-state index is 0.858. The first kappa shape index (κ1) is 14.1. The maximum Gasteiger partial charge on any atom is 0.125 e. The van der Waals surface area contributed by atoms with Crippen molar-refractivity contribution < 1.29 is 0 Å². The van der Waals surface area contributed by atoms with Gasteiger partial charge in [0.15, 0.2) is 0 Å². The standard InChI is InChI=1S/C18H15NS2/c1-12-3-7-14(8-4-12)16-11-17(20)21-18(19-16)15-9-5-13(2)6-10-15/h3-11H,1-2H3. The molecule has 3 heteroatoms. The van der Waals surface area contributed by atoms with E-state index in [1.807, 2.05) is 6.07 Å². The largest absolute Gasteiger partial charge is 0.237 e. The van der Waals surface area contributed by atoms with E-state index in [2.05, 4.69) is 62.4 Å². The van der Waals surface area contributed by atoms with Crippen molar-refractivity contribution in [3.8, 4) is 21.8 Å². The molecule has 1 aromatic heterocycles. The Morgan fingerprint density at radius 3 is 1.90 bits per heavy atom. The van der Waals surface area contributed by atoms with Gasteiger partial charge in [-0.25, -0.2) is 4.98 Å². The van der Waals surface area contributed by atoms with E-state index in [9.17, 15) is 0 Å². The third-order valence-corrected chi connectivity index (χ3v) is 4.53. The fraction of sp³-hybridized carbons (Fsp3) is 0.111. The Labute approximate surface area is 134 Å². The van der Waals surface area contributed by atoms with E-state index in [1.54, 1.807) is 11.3 Å². The maximum absolute atomic E-state index is 5.42. The van der Waals surface area contributed by atoms with Gasteiger partial charge in [0, 0.05) is 11.1 Å². The van der Waals surface area contributed by atoms with E-state index in [-0.39, 0.29) is 0 Å². The van der Waals surface area contributed by atoms with E-state index in [4.69, 9.17) is 17.2 Å². The Bertz CT molecular complexity index is 748. The Kier molecular flexibility index (Phi) is 3.95. The number of aromatic nitrogens is 1. The molecule has 0 unspecified atom stereocenters. The molecular weight excluding hydrogens is 294 g/mol. The summed E-state index contributed by atoms with van der Waals surface area (Å²) in [4.78, 5) is 4.79. The van der Waals surface area contributed by atoms with Crippen LogP contribution in [0.15, 0.2) is 54.6 Å². The van der Waals surface area contributed by atoms with E-state index >= 15 is 0 Å². The van der Waals surface area contributed by atoms with Gasteiger partial charge in [-0.2, -0.15) is 0 Å². The van der Waals surface area contributed by atoms with Crippen LogP contribution in [-0.2, 0) is 0 Å². The van der Waals surface area contributed by atoms with Crippen LogP contribution in [0.3, 0.4) is 0 Å². The molecule has 0 amide bonds. The van der Waals surface area contributed by atoms with Gasteiger partial charge in [0.25, 0.3) is 0 Å². The van der Waals surface area contributed by atoms with Crippen LogP contribution in [0.2, 0.25) is 0 Å². The highest BCUT2D eigenvalue weighted by molar-refractivity contribution is 7.73. The molecule has 0 aliphatic rings. The molecule has 3 rings (SSSR count). The van der Waals surface area contributed by atoms with Crippen LogP contribution in [0.4, 0.5) is 0 Å². The molecule has 0 bridgehead atoms. The van der Waals surface area contributed by atoms with Crippen molar-refractivity contribution in [2.45, 2.75) is 13.8 Å². The predicted molar refractivity (Wildman–Crippen MR) is 93.3 cm³/mol. The van der Waals surface area contributed by atoms with Crippen LogP contribution in [0, 0.1) is 17.7 Å². The zero-order valence-electron chi connectivity index (χ0n) is 12.0. The first-order valence-corrected chi connectivity index (χ1v) is 8.00. The number of nitrogens with zero attached hydrogens (tertiary/aromatic N) is 1. The van der Waals surface area contributed by atoms with E-state index in [0.29, 0.717) is 0 Å². The summed E-state index contributed by atoms with van der Waals surface area (Å²) < 4.78 is 0.858. The number of benzene rings is 2. The Morgan fingerprint density at radius 2 is 1.33 bits per heavy atom. The smallest absolute Gasteiger partial charge is 0.125 e. The minimum absolute atomic E-state index is 0.858. The van der Waals surface area contributed by atoms with Crippen LogP contribution in [0.1, 0.15) is 11.1 Å². The zero-order valence-corrected chi connectivity index (χ0v) is 13.6. The molecule has 0 saturated carbocycles. The van der Waals surface area contributed by atoms with Gasteiger partial charge in [-0.1, -0.05) is 71.9 Å². The van der Waals surface area contributed by atoms with Crippen molar-refractivity contribution in [3.63, 3.8) is 0 Å². The third-order valence-electron chi connectivity index (χ3n) is 3.32. The molecule has 1 heterocycles. The molecule has 1 nitrogen and oxygen atoms in total. The molecule has 0 saturated heterocycles. The first-order chi connectivity index (χ1) is 10.1. The summed E-state index contributed by atoms with van der Waals surface area (Å²) in [6.07, 6.45) is 0. The second kappa shape index (κ2) is 5.88. The van der Waals surface area contributed by atoms with Crippen LogP contribution < -0.4 is 0 Å². The monoisotopic (exact) mass is 309 g/mol. The average molecular weight is 309 g/mol. The van der Waals surface area contributed by atoms with Gasteiger partial charge in [-0.05, 0) is 19.9 Å². The molecule has 0 spiro atoms. The highest BCUT2D eigenvalue weighted by Gasteiger charge is 2.05. The fourth-order valence-corrected chi connectivity index (χ4v) is 3.20. The lowest BCUT2D eigenvalue weighted by Gasteiger charge is -2.05. The lowest BCUT2D eigenvalue weighted by Crippen LogP contribution is -1.87. The highest BCUT2D eigenvalue weighted by Crippen LogP contribution is 2.27. The fourth-order valence-electron chi connectivity index (χ4n) is 2.09. The second-order valence-electron chi connectivity index (χ2n) is 5.10. The average Bonchev–Trinajstić information content (AvgIpc) is 2.48. The summed E-state index contributed by atoms with van der Waals surface area (Å²) in [6.45, 7) is 4.17. The minimum Gasteiger partial charge on any atom is -0.237 e. The van der Waals surface area contributed by atoms with Crippen molar-refractivity contribution in [1.82, 2.24) is 4.98 Å². The first-order valence-electron chi connectivity index (χ1n) is 6.78. The summed E-state index contributed by atoms with van der Waals surface area (Å²) in [5, 5.41) is 0.970. The predicted octanol–water partition coefficient (Wildman–Crippen LogP) is 5.82. The molecule has 0 fully saturated rings. The van der Waals surface area contributed by atoms with E-state index < -0.39 is 0 Å². The van der Waals surface area contributed by atoms with Crippen molar-refractivity contribution in [2.24, 2.45) is 0 Å². The second-order valence-corrected chi connectivity index (χ2v) is 6.83. The number of hydrogen-bond donors (Lipinski definition) is 0. The lowest BCUT2D eigenvalue weighted by atomic mass is 10.1. The van der Waals surface area contributed by atoms with Crippen molar-refractivity contribution >= 4 is 23.6 Å². The Morgan fingerprint density at radius 1 is 0.810 bits per heavy atom. The molecule has 0 aliphatic carbocycles. The number of rotatable bonds is 2. The summed E-state index contributed by atoms with van der Waals surface area (Å²) >= 11 is 6.97. The summed E-state index contributed by atoms with van der Waals surface area (Å²) in [6, 6.07) is 18.8. The molecular formula is C18H15NS2. The quantitative estimate of drug-likeness (QED) is 0.553. The van der Waals surface area contributed by atoms with Gasteiger partial charge in [-0.3, -0.25) is 0 Å². The number of hydrogen-bond acceptors (Lipinski definition) is 3. The highest BCUT2D eigenvalue weighted by atomic mass is 32.1. The van der Waals surface area contributed by atoms with Gasteiger partial charge in [0.1, 0.15) is 5.01 Å². The molecule has 3 aromatic rings. The van der Waals surface area contributed by atoms with Gasteiger partial charge < -0.3 is 0 Å². The van der Waals surface area contributed by atoms with Crippen molar-refractivity contribution in [3.05, 3.63) is 69.5 Å². The van der Waals surface area contributed by atoms with Gasteiger partial charge in [0.05, 0.1) is 9.52 Å².